The average molecular weight is 903 g/mol. The molecule has 3 N–H and O–H groups in total. The van der Waals surface area contributed by atoms with E-state index in [0.29, 0.717) is 25.9 Å². The van der Waals surface area contributed by atoms with E-state index in [-0.39, 0.29) is 18.5 Å². The third kappa shape index (κ3) is 49.8. The van der Waals surface area contributed by atoms with Gasteiger partial charge in [0.2, 0.25) is 5.91 Å². The van der Waals surface area contributed by atoms with Crippen LogP contribution in [0.25, 0.3) is 0 Å². The molecule has 1 amide bonds. The minimum absolute atomic E-state index is 0.00393. The molecule has 0 saturated carbocycles. The standard InChI is InChI=1S/C58H111NO5/c1-3-5-7-9-11-13-15-17-28-32-36-40-44-48-52-58(63)64-53-49-45-41-37-33-29-25-23-21-19-18-20-22-24-27-31-35-39-43-47-51-57(62)59-55(54-60)56(61)50-46-42-38-34-30-26-16-14-12-10-8-6-4-2/h9,11,15,17,55-56,60-61H,3-8,10,12-14,16,18-54H2,1-2H3,(H,59,62)/b11-9-,17-15-. The monoisotopic (exact) mass is 902 g/mol. The number of hydrogen-bond donors (Lipinski definition) is 3. The van der Waals surface area contributed by atoms with Crippen LogP contribution >= 0.6 is 0 Å². The summed E-state index contributed by atoms with van der Waals surface area (Å²) in [6, 6.07) is -0.542. The Bertz CT molecular complexity index is 997. The molecule has 0 aromatic carbocycles. The number of amides is 1. The third-order valence-corrected chi connectivity index (χ3v) is 13.3. The van der Waals surface area contributed by atoms with E-state index in [9.17, 15) is 19.8 Å². The molecule has 0 spiro atoms. The highest BCUT2D eigenvalue weighted by Gasteiger charge is 2.20. The lowest BCUT2D eigenvalue weighted by atomic mass is 10.0. The smallest absolute Gasteiger partial charge is 0.305 e. The summed E-state index contributed by atoms with van der Waals surface area (Å²) < 4.78 is 5.47. The van der Waals surface area contributed by atoms with Gasteiger partial charge in [-0.2, -0.15) is 0 Å². The summed E-state index contributed by atoms with van der Waals surface area (Å²) in [4.78, 5) is 24.5. The number of rotatable bonds is 53. The first-order chi connectivity index (χ1) is 31.5. The zero-order valence-corrected chi connectivity index (χ0v) is 43.0. The first-order valence-electron chi connectivity index (χ1n) is 28.6. The van der Waals surface area contributed by atoms with Crippen LogP contribution in [-0.4, -0.2) is 47.4 Å². The van der Waals surface area contributed by atoms with E-state index in [1.54, 1.807) is 0 Å². The Labute approximate surface area is 399 Å². The highest BCUT2D eigenvalue weighted by Crippen LogP contribution is 2.17. The van der Waals surface area contributed by atoms with Gasteiger partial charge in [-0.15, -0.1) is 0 Å². The van der Waals surface area contributed by atoms with Gasteiger partial charge in [-0.05, 0) is 51.4 Å². The van der Waals surface area contributed by atoms with E-state index in [2.05, 4.69) is 43.5 Å². The van der Waals surface area contributed by atoms with Crippen LogP contribution in [0.1, 0.15) is 309 Å². The Morgan fingerprint density at radius 2 is 0.797 bits per heavy atom. The molecule has 2 unspecified atom stereocenters. The highest BCUT2D eigenvalue weighted by atomic mass is 16.5. The Hall–Kier alpha value is -1.66. The van der Waals surface area contributed by atoms with Gasteiger partial charge in [0.15, 0.2) is 0 Å². The SMILES string of the molecule is CCCC/C=C\C/C=C\CCCCCCCC(=O)OCCCCCCCCCCCCCCCCCCCCCCC(=O)NC(CO)C(O)CCCCCCCCCCCCCCC. The molecule has 6 heteroatoms. The predicted molar refractivity (Wildman–Crippen MR) is 278 cm³/mol. The number of carbonyl (C=O) groups is 2. The molecule has 0 aliphatic rings. The highest BCUT2D eigenvalue weighted by molar-refractivity contribution is 5.76. The van der Waals surface area contributed by atoms with Crippen LogP contribution in [-0.2, 0) is 14.3 Å². The molecule has 0 radical (unpaired) electrons. The topological polar surface area (TPSA) is 95.9 Å². The molecule has 0 fully saturated rings. The van der Waals surface area contributed by atoms with Crippen LogP contribution < -0.4 is 5.32 Å². The number of unbranched alkanes of at least 4 members (excludes halogenated alkanes) is 38. The number of ether oxygens (including phenoxy) is 1. The summed E-state index contributed by atoms with van der Waals surface area (Å²) in [5.41, 5.74) is 0. The second kappa shape index (κ2) is 54.0. The summed E-state index contributed by atoms with van der Waals surface area (Å²) in [6.45, 7) is 4.91. The molecule has 0 aromatic heterocycles. The van der Waals surface area contributed by atoms with Crippen molar-refractivity contribution in [3.8, 4) is 0 Å². The normalized spacial score (nSPS) is 12.8. The number of esters is 1. The molecule has 0 aliphatic heterocycles. The third-order valence-electron chi connectivity index (χ3n) is 13.3. The zero-order valence-electron chi connectivity index (χ0n) is 43.0. The van der Waals surface area contributed by atoms with Crippen molar-refractivity contribution in [3.63, 3.8) is 0 Å². The lowest BCUT2D eigenvalue weighted by molar-refractivity contribution is -0.143. The van der Waals surface area contributed by atoms with E-state index in [0.717, 1.165) is 51.4 Å². The number of carbonyl (C=O) groups excluding carboxylic acids is 2. The average Bonchev–Trinajstić information content (AvgIpc) is 3.29. The zero-order chi connectivity index (χ0) is 46.5. The van der Waals surface area contributed by atoms with Crippen LogP contribution in [0.4, 0.5) is 0 Å². The number of allylic oxidation sites excluding steroid dienone is 4. The summed E-state index contributed by atoms with van der Waals surface area (Å²) >= 11 is 0. The number of aliphatic hydroxyl groups is 2. The van der Waals surface area contributed by atoms with Crippen LogP contribution in [0.2, 0.25) is 0 Å². The Balaban J connectivity index is 3.39. The first-order valence-corrected chi connectivity index (χ1v) is 28.6. The van der Waals surface area contributed by atoms with Gasteiger partial charge in [-0.3, -0.25) is 9.59 Å². The molecule has 0 bridgehead atoms. The fraction of sp³-hybridized carbons (Fsp3) is 0.897. The Morgan fingerprint density at radius 1 is 0.438 bits per heavy atom. The van der Waals surface area contributed by atoms with Gasteiger partial charge in [0.1, 0.15) is 0 Å². The molecule has 0 rings (SSSR count). The van der Waals surface area contributed by atoms with Gasteiger partial charge in [0, 0.05) is 12.8 Å². The van der Waals surface area contributed by atoms with E-state index < -0.39 is 12.1 Å². The van der Waals surface area contributed by atoms with Crippen molar-refractivity contribution in [2.24, 2.45) is 0 Å². The summed E-state index contributed by atoms with van der Waals surface area (Å²) in [5, 5.41) is 23.2. The summed E-state index contributed by atoms with van der Waals surface area (Å²) in [7, 11) is 0. The second-order valence-electron chi connectivity index (χ2n) is 19.6. The van der Waals surface area contributed by atoms with Crippen molar-refractivity contribution in [1.29, 1.82) is 0 Å². The summed E-state index contributed by atoms with van der Waals surface area (Å²) in [5.74, 6) is -0.0405. The number of hydrogen-bond acceptors (Lipinski definition) is 5. The number of nitrogens with one attached hydrogen (secondary N) is 1. The molecule has 64 heavy (non-hydrogen) atoms. The maximum Gasteiger partial charge on any atom is 0.305 e. The first kappa shape index (κ1) is 62.3. The predicted octanol–water partition coefficient (Wildman–Crippen LogP) is 17.5. The number of aliphatic hydroxyl groups excluding tert-OH is 2. The van der Waals surface area contributed by atoms with Crippen molar-refractivity contribution in [2.45, 2.75) is 321 Å². The van der Waals surface area contributed by atoms with Crippen LogP contribution in [0.3, 0.4) is 0 Å². The van der Waals surface area contributed by atoms with Gasteiger partial charge < -0.3 is 20.3 Å². The Morgan fingerprint density at radius 3 is 1.23 bits per heavy atom. The quantitative estimate of drug-likeness (QED) is 0.0321. The lowest BCUT2D eigenvalue weighted by Gasteiger charge is -2.22. The largest absolute Gasteiger partial charge is 0.466 e. The second-order valence-corrected chi connectivity index (χ2v) is 19.6. The maximum absolute atomic E-state index is 12.5. The van der Waals surface area contributed by atoms with Gasteiger partial charge in [-0.1, -0.05) is 269 Å². The van der Waals surface area contributed by atoms with Crippen LogP contribution in [0.15, 0.2) is 24.3 Å². The molecule has 0 saturated heterocycles. The van der Waals surface area contributed by atoms with E-state index >= 15 is 0 Å². The molecular formula is C58H111NO5. The van der Waals surface area contributed by atoms with E-state index in [4.69, 9.17) is 4.74 Å². The van der Waals surface area contributed by atoms with Gasteiger partial charge in [0.25, 0.3) is 0 Å². The summed E-state index contributed by atoms with van der Waals surface area (Å²) in [6.07, 6.45) is 64.5. The molecule has 0 heterocycles. The lowest BCUT2D eigenvalue weighted by Crippen LogP contribution is -2.45. The molecule has 2 atom stereocenters. The minimum atomic E-state index is -0.664. The molecular weight excluding hydrogens is 791 g/mol. The fourth-order valence-corrected chi connectivity index (χ4v) is 8.83. The van der Waals surface area contributed by atoms with Crippen molar-refractivity contribution in [3.05, 3.63) is 24.3 Å². The fourth-order valence-electron chi connectivity index (χ4n) is 8.83. The van der Waals surface area contributed by atoms with E-state index in [1.165, 1.54) is 225 Å². The molecule has 0 aliphatic carbocycles. The van der Waals surface area contributed by atoms with Crippen LogP contribution in [0.5, 0.6) is 0 Å². The van der Waals surface area contributed by atoms with Gasteiger partial charge >= 0.3 is 5.97 Å². The van der Waals surface area contributed by atoms with Crippen molar-refractivity contribution >= 4 is 11.9 Å². The van der Waals surface area contributed by atoms with Crippen LogP contribution in [0, 0.1) is 0 Å². The van der Waals surface area contributed by atoms with Crippen molar-refractivity contribution in [2.75, 3.05) is 13.2 Å². The minimum Gasteiger partial charge on any atom is -0.466 e. The molecule has 378 valence electrons. The van der Waals surface area contributed by atoms with Crippen molar-refractivity contribution in [1.82, 2.24) is 5.32 Å². The maximum atomic E-state index is 12.5. The van der Waals surface area contributed by atoms with E-state index in [1.807, 2.05) is 0 Å². The molecule has 6 nitrogen and oxygen atoms in total. The van der Waals surface area contributed by atoms with Gasteiger partial charge in [-0.25, -0.2) is 0 Å². The van der Waals surface area contributed by atoms with Crippen molar-refractivity contribution < 1.29 is 24.5 Å². The molecule has 0 aromatic rings. The van der Waals surface area contributed by atoms with Gasteiger partial charge in [0.05, 0.1) is 25.4 Å². The Kier molecular flexibility index (Phi) is 52.6.